The van der Waals surface area contributed by atoms with Crippen LogP contribution in [0.15, 0.2) is 21.6 Å². The van der Waals surface area contributed by atoms with Gasteiger partial charge in [-0.3, -0.25) is 0 Å². The largest absolute Gasteiger partial charge is 0.122 e. The van der Waals surface area contributed by atoms with Crippen LogP contribution >= 0.6 is 47.0 Å². The lowest BCUT2D eigenvalue weighted by Crippen LogP contribution is -1.42. The molecule has 0 aromatic rings. The zero-order valence-corrected chi connectivity index (χ0v) is 8.62. The van der Waals surface area contributed by atoms with Crippen LogP contribution in [-0.2, 0) is 0 Å². The van der Waals surface area contributed by atoms with Crippen LogP contribution in [0.25, 0.3) is 0 Å². The molecule has 56 valence electrons. The summed E-state index contributed by atoms with van der Waals surface area (Å²) in [5.74, 6) is 0. The molecule has 0 unspecified atom stereocenters. The molecule has 2 rings (SSSR count). The second kappa shape index (κ2) is 6.58. The van der Waals surface area contributed by atoms with Crippen molar-refractivity contribution < 1.29 is 0 Å². The highest BCUT2D eigenvalue weighted by atomic mass is 32.2. The summed E-state index contributed by atoms with van der Waals surface area (Å²) < 4.78 is 0. The summed E-state index contributed by atoms with van der Waals surface area (Å²) in [4.78, 5) is 0. The molecule has 0 nitrogen and oxygen atoms in total. The van der Waals surface area contributed by atoms with Gasteiger partial charge in [-0.25, -0.2) is 0 Å². The second-order valence-corrected chi connectivity index (χ2v) is 5.75. The van der Waals surface area contributed by atoms with Crippen LogP contribution in [0.2, 0.25) is 0 Å². The molecule has 0 fully saturated rings. The second-order valence-electron chi connectivity index (χ2n) is 1.45. The van der Waals surface area contributed by atoms with Gasteiger partial charge in [-0.1, -0.05) is 0 Å². The van der Waals surface area contributed by atoms with Crippen molar-refractivity contribution in [3.8, 4) is 0 Å². The normalized spacial score (nSPS) is 20.8. The summed E-state index contributed by atoms with van der Waals surface area (Å²) in [7, 11) is 0. The van der Waals surface area contributed by atoms with E-state index in [0.29, 0.717) is 0 Å². The van der Waals surface area contributed by atoms with Gasteiger partial charge >= 0.3 is 0 Å². The first-order valence-electron chi connectivity index (χ1n) is 2.76. The molecule has 0 bridgehead atoms. The van der Waals surface area contributed by atoms with Crippen molar-refractivity contribution >= 4 is 47.0 Å². The summed E-state index contributed by atoms with van der Waals surface area (Å²) in [6, 6.07) is 0. The quantitative estimate of drug-likeness (QED) is 0.593. The molecule has 2 aliphatic rings. The van der Waals surface area contributed by atoms with E-state index in [2.05, 4.69) is 21.6 Å². The van der Waals surface area contributed by atoms with Gasteiger partial charge < -0.3 is 0 Å². The summed E-state index contributed by atoms with van der Waals surface area (Å²) in [5, 5.41) is 10.9. The molecule has 0 aromatic carbocycles. The fourth-order valence-electron chi connectivity index (χ4n) is 0.393. The maximum absolute atomic E-state index is 2.12. The Morgan fingerprint density at radius 1 is 0.600 bits per heavy atom. The van der Waals surface area contributed by atoms with E-state index in [0.717, 1.165) is 0 Å². The molecule has 2 aliphatic heterocycles. The van der Waals surface area contributed by atoms with Crippen LogP contribution in [-0.4, -0.2) is 10.2 Å². The lowest BCUT2D eigenvalue weighted by Gasteiger charge is -1.69. The van der Waals surface area contributed by atoms with Crippen LogP contribution < -0.4 is 0 Å². The van der Waals surface area contributed by atoms with Crippen molar-refractivity contribution in [2.75, 3.05) is 10.2 Å². The minimum Gasteiger partial charge on any atom is -0.122 e. The molecule has 0 saturated carbocycles. The van der Waals surface area contributed by atoms with Gasteiger partial charge in [0.05, 0.1) is 0 Å². The van der Waals surface area contributed by atoms with Gasteiger partial charge in [-0.05, 0) is 21.6 Å². The Kier molecular flexibility index (Phi) is 5.90. The number of hydrogen-bond acceptors (Lipinski definition) is 4. The van der Waals surface area contributed by atoms with Gasteiger partial charge in [0.1, 0.15) is 0 Å². The van der Waals surface area contributed by atoms with Gasteiger partial charge in [0.2, 0.25) is 0 Å². The average Bonchev–Trinajstić information content (AvgIpc) is 2.67. The Morgan fingerprint density at radius 2 is 0.900 bits per heavy atom. The van der Waals surface area contributed by atoms with Crippen molar-refractivity contribution in [1.29, 1.82) is 0 Å². The third kappa shape index (κ3) is 4.66. The maximum Gasteiger partial charge on any atom is 0.0475 e. The smallest absolute Gasteiger partial charge is 0.0475 e. The molecule has 0 radical (unpaired) electrons. The monoisotopic (exact) mass is 208 g/mol. The molecule has 10 heavy (non-hydrogen) atoms. The zero-order valence-electron chi connectivity index (χ0n) is 5.36. The minimum absolute atomic E-state index is 1.22. The highest BCUT2D eigenvalue weighted by molar-refractivity contribution is 8.21. The van der Waals surface area contributed by atoms with Crippen molar-refractivity contribution in [1.82, 2.24) is 0 Å². The topological polar surface area (TPSA) is 0 Å². The number of rotatable bonds is 0. The predicted octanol–water partition coefficient (Wildman–Crippen LogP) is 3.79. The minimum atomic E-state index is 1.22. The van der Waals surface area contributed by atoms with E-state index in [4.69, 9.17) is 0 Å². The third-order valence-electron chi connectivity index (χ3n) is 0.768. The molecule has 0 saturated heterocycles. The van der Waals surface area contributed by atoms with Crippen molar-refractivity contribution in [2.45, 2.75) is 0 Å². The fourth-order valence-corrected chi connectivity index (χ4v) is 3.54. The van der Waals surface area contributed by atoms with Gasteiger partial charge in [0.25, 0.3) is 0 Å². The standard InChI is InChI=1S/2C3H4S2/c2*1-2-5-3-4-1/h2*1-2H,3H2. The Hall–Kier alpha value is 0.880. The Bertz CT molecular complexity index is 102. The maximum atomic E-state index is 2.12. The zero-order chi connectivity index (χ0) is 7.07. The SMILES string of the molecule is C1=CSCS1.C1=CSCS1. The first kappa shape index (κ1) is 8.97. The lowest BCUT2D eigenvalue weighted by molar-refractivity contribution is 2.33. The summed E-state index contributed by atoms with van der Waals surface area (Å²) in [5.41, 5.74) is 0. The van der Waals surface area contributed by atoms with E-state index in [-0.39, 0.29) is 0 Å². The van der Waals surface area contributed by atoms with Crippen LogP contribution in [0.1, 0.15) is 0 Å². The van der Waals surface area contributed by atoms with Crippen LogP contribution in [0.4, 0.5) is 0 Å². The number of hydrogen-bond donors (Lipinski definition) is 0. The van der Waals surface area contributed by atoms with E-state index in [1.165, 1.54) is 10.2 Å². The molecular formula is C6H8S4. The van der Waals surface area contributed by atoms with Crippen LogP contribution in [0.3, 0.4) is 0 Å². The summed E-state index contributed by atoms with van der Waals surface area (Å²) in [6.07, 6.45) is 0. The van der Waals surface area contributed by atoms with Crippen LogP contribution in [0.5, 0.6) is 0 Å². The Balaban J connectivity index is 0.0000001000. The van der Waals surface area contributed by atoms with E-state index >= 15 is 0 Å². The number of thioether (sulfide) groups is 4. The average molecular weight is 208 g/mol. The molecule has 4 heteroatoms. The first-order valence-corrected chi connectivity index (χ1v) is 6.96. The van der Waals surface area contributed by atoms with Gasteiger partial charge in [-0.15, -0.1) is 47.0 Å². The third-order valence-corrected chi connectivity index (χ3v) is 4.60. The molecule has 0 aromatic heterocycles. The molecule has 0 N–H and O–H groups in total. The van der Waals surface area contributed by atoms with Crippen molar-refractivity contribution in [3.05, 3.63) is 21.6 Å². The van der Waals surface area contributed by atoms with E-state index in [9.17, 15) is 0 Å². The highest BCUT2D eigenvalue weighted by Crippen LogP contribution is 2.22. The molecule has 2 heterocycles. The molecular weight excluding hydrogens is 200 g/mol. The van der Waals surface area contributed by atoms with E-state index in [1.807, 2.05) is 47.0 Å². The molecule has 0 spiro atoms. The van der Waals surface area contributed by atoms with E-state index in [1.54, 1.807) is 0 Å². The lowest BCUT2D eigenvalue weighted by atomic mass is 11.3. The molecule has 0 aliphatic carbocycles. The molecule has 0 amide bonds. The van der Waals surface area contributed by atoms with Crippen molar-refractivity contribution in [3.63, 3.8) is 0 Å². The van der Waals surface area contributed by atoms with Gasteiger partial charge in [0.15, 0.2) is 0 Å². The van der Waals surface area contributed by atoms with Gasteiger partial charge in [0, 0.05) is 10.2 Å². The fraction of sp³-hybridized carbons (Fsp3) is 0.333. The Morgan fingerprint density at radius 3 is 1.00 bits per heavy atom. The van der Waals surface area contributed by atoms with Crippen molar-refractivity contribution in [2.24, 2.45) is 0 Å². The van der Waals surface area contributed by atoms with Crippen LogP contribution in [0, 0.1) is 0 Å². The van der Waals surface area contributed by atoms with E-state index < -0.39 is 0 Å². The summed E-state index contributed by atoms with van der Waals surface area (Å²) in [6.45, 7) is 0. The Labute approximate surface area is 78.7 Å². The van der Waals surface area contributed by atoms with Gasteiger partial charge in [-0.2, -0.15) is 0 Å². The molecule has 0 atom stereocenters. The first-order chi connectivity index (χ1) is 5.00. The summed E-state index contributed by atoms with van der Waals surface area (Å²) >= 11 is 7.43. The highest BCUT2D eigenvalue weighted by Gasteiger charge is 1.86. The predicted molar refractivity (Wildman–Crippen MR) is 58.4 cm³/mol.